The minimum atomic E-state index is 0. The van der Waals surface area contributed by atoms with E-state index in [0.29, 0.717) is 0 Å². The van der Waals surface area contributed by atoms with E-state index >= 15 is 0 Å². The number of rotatable bonds is 1. The van der Waals surface area contributed by atoms with E-state index in [4.69, 9.17) is 11.6 Å². The minimum Gasteiger partial charge on any atom is -0.252 e. The standard InChI is InChI=1S/C14H9ClN.C5H5.Fe/c15-12-6-8-14-11(9-12)5-7-13(16-14)10-3-1-2-4-10;1-2-4-5-3-1;/h1-9H;1-5H;. The molecule has 1 heterocycles. The van der Waals surface area contributed by atoms with Gasteiger partial charge in [0, 0.05) is 39.1 Å². The zero-order chi connectivity index (χ0) is 14.5. The van der Waals surface area contributed by atoms with Gasteiger partial charge >= 0.3 is 0 Å². The van der Waals surface area contributed by atoms with Crippen LogP contribution in [0.3, 0.4) is 0 Å². The van der Waals surface area contributed by atoms with Crippen molar-refractivity contribution in [3.05, 3.63) is 105 Å². The summed E-state index contributed by atoms with van der Waals surface area (Å²) >= 11 is 5.93. The summed E-state index contributed by atoms with van der Waals surface area (Å²) in [5.41, 5.74) is 1.97. The number of hydrogen-bond acceptors (Lipinski definition) is 1. The van der Waals surface area contributed by atoms with Crippen molar-refractivity contribution in [2.75, 3.05) is 0 Å². The molecule has 1 aromatic carbocycles. The molecule has 0 unspecified atom stereocenters. The number of fused-ring (bicyclic) bond motifs is 1. The van der Waals surface area contributed by atoms with Crippen molar-refractivity contribution in [3.63, 3.8) is 0 Å². The van der Waals surface area contributed by atoms with Gasteiger partial charge in [0.05, 0.1) is 5.52 Å². The molecule has 1 nitrogen and oxygen atoms in total. The van der Waals surface area contributed by atoms with Gasteiger partial charge in [-0.05, 0) is 82.1 Å². The van der Waals surface area contributed by atoms with Crippen LogP contribution in [0.4, 0.5) is 0 Å². The van der Waals surface area contributed by atoms with Crippen LogP contribution in [0.5, 0.6) is 0 Å². The summed E-state index contributed by atoms with van der Waals surface area (Å²) in [7, 11) is 0. The zero-order valence-corrected chi connectivity index (χ0v) is 13.6. The van der Waals surface area contributed by atoms with Crippen LogP contribution in [0.2, 0.25) is 5.02 Å². The molecule has 2 saturated carbocycles. The Bertz CT molecular complexity index is 581. The third-order valence-electron chi connectivity index (χ3n) is 3.17. The van der Waals surface area contributed by atoms with Crippen LogP contribution in [0, 0.1) is 63.7 Å². The fraction of sp³-hybridized carbons (Fsp3) is 0. The van der Waals surface area contributed by atoms with Crippen molar-refractivity contribution < 1.29 is 17.1 Å². The van der Waals surface area contributed by atoms with Gasteiger partial charge in [-0.3, -0.25) is 4.98 Å². The van der Waals surface area contributed by atoms with E-state index in [2.05, 4.69) is 23.9 Å². The van der Waals surface area contributed by atoms with Gasteiger partial charge in [0.15, 0.2) is 0 Å². The van der Waals surface area contributed by atoms with Gasteiger partial charge in [0.25, 0.3) is 0 Å². The predicted octanol–water partition coefficient (Wildman–Crippen LogP) is 4.66. The average molecular weight is 348 g/mol. The molecule has 0 spiro atoms. The Labute approximate surface area is 149 Å². The minimum absolute atomic E-state index is 0. The summed E-state index contributed by atoms with van der Waals surface area (Å²) in [4.78, 5) is 4.60. The Morgan fingerprint density at radius 1 is 0.727 bits per heavy atom. The van der Waals surface area contributed by atoms with Crippen molar-refractivity contribution in [2.24, 2.45) is 0 Å². The summed E-state index contributed by atoms with van der Waals surface area (Å²) < 4.78 is 0. The van der Waals surface area contributed by atoms with E-state index in [1.807, 2.05) is 69.2 Å². The van der Waals surface area contributed by atoms with Crippen LogP contribution in [0.1, 0.15) is 5.69 Å². The number of halogens is 1. The zero-order valence-electron chi connectivity index (χ0n) is 11.8. The van der Waals surface area contributed by atoms with Crippen molar-refractivity contribution in [1.29, 1.82) is 0 Å². The maximum absolute atomic E-state index is 5.93. The molecule has 110 valence electrons. The van der Waals surface area contributed by atoms with E-state index in [0.717, 1.165) is 27.5 Å². The summed E-state index contributed by atoms with van der Waals surface area (Å²) in [6.45, 7) is 0. The predicted molar refractivity (Wildman–Crippen MR) is 87.8 cm³/mol. The Balaban J connectivity index is 0.000000253. The third-order valence-corrected chi connectivity index (χ3v) is 3.40. The van der Waals surface area contributed by atoms with E-state index < -0.39 is 0 Å². The van der Waals surface area contributed by atoms with Gasteiger partial charge in [-0.25, -0.2) is 0 Å². The number of pyridine rings is 1. The molecule has 2 aliphatic rings. The second kappa shape index (κ2) is 8.91. The Hall–Kier alpha value is -0.561. The molecular formula is C19H14ClFeN. The first-order valence-electron chi connectivity index (χ1n) is 6.78. The number of hydrogen-bond donors (Lipinski definition) is 0. The van der Waals surface area contributed by atoms with Gasteiger partial charge < -0.3 is 0 Å². The van der Waals surface area contributed by atoms with Crippen LogP contribution < -0.4 is 0 Å². The van der Waals surface area contributed by atoms with Crippen molar-refractivity contribution in [1.82, 2.24) is 4.98 Å². The maximum Gasteiger partial charge on any atom is 0.0706 e. The van der Waals surface area contributed by atoms with Crippen molar-refractivity contribution >= 4 is 22.5 Å². The molecule has 0 bridgehead atoms. The quantitative estimate of drug-likeness (QED) is 0.684. The normalized spacial score (nSPS) is 17.9. The molecule has 2 aromatic rings. The van der Waals surface area contributed by atoms with Crippen LogP contribution >= 0.6 is 11.6 Å². The first-order valence-corrected chi connectivity index (χ1v) is 7.16. The largest absolute Gasteiger partial charge is 0.252 e. The molecule has 2 aliphatic carbocycles. The topological polar surface area (TPSA) is 12.9 Å². The molecule has 22 heavy (non-hydrogen) atoms. The van der Waals surface area contributed by atoms with Crippen molar-refractivity contribution in [3.8, 4) is 0 Å². The van der Waals surface area contributed by atoms with E-state index in [-0.39, 0.29) is 17.1 Å². The third kappa shape index (κ3) is 4.72. The smallest absolute Gasteiger partial charge is 0.0706 e. The molecule has 3 heteroatoms. The number of benzene rings is 1. The summed E-state index contributed by atoms with van der Waals surface area (Å²) in [5, 5.41) is 1.82. The molecule has 0 atom stereocenters. The number of nitrogens with zero attached hydrogens (tertiary/aromatic N) is 1. The van der Waals surface area contributed by atoms with Gasteiger partial charge in [-0.2, -0.15) is 0 Å². The Morgan fingerprint density at radius 2 is 1.36 bits per heavy atom. The molecule has 0 aliphatic heterocycles. The van der Waals surface area contributed by atoms with Gasteiger partial charge in [0.2, 0.25) is 0 Å². The first kappa shape index (κ1) is 17.8. The second-order valence-corrected chi connectivity index (χ2v) is 5.11. The first-order chi connectivity index (χ1) is 10.3. The van der Waals surface area contributed by atoms with E-state index in [1.165, 1.54) is 0 Å². The molecule has 0 saturated heterocycles. The summed E-state index contributed by atoms with van der Waals surface area (Å²) in [6, 6.07) is 9.82. The second-order valence-electron chi connectivity index (χ2n) is 4.67. The van der Waals surface area contributed by atoms with Crippen molar-refractivity contribution in [2.45, 2.75) is 0 Å². The van der Waals surface area contributed by atoms with Gasteiger partial charge in [0.1, 0.15) is 0 Å². The van der Waals surface area contributed by atoms with Crippen LogP contribution in [0.25, 0.3) is 10.9 Å². The molecule has 10 radical (unpaired) electrons. The van der Waals surface area contributed by atoms with Gasteiger partial charge in [-0.15, -0.1) is 0 Å². The fourth-order valence-corrected chi connectivity index (χ4v) is 2.30. The van der Waals surface area contributed by atoms with Crippen LogP contribution in [-0.4, -0.2) is 4.98 Å². The maximum atomic E-state index is 5.93. The number of aromatic nitrogens is 1. The molecule has 2 fully saturated rings. The Morgan fingerprint density at radius 3 is 2.00 bits per heavy atom. The average Bonchev–Trinajstić information content (AvgIpc) is 3.22. The fourth-order valence-electron chi connectivity index (χ4n) is 2.12. The molecule has 0 N–H and O–H groups in total. The SMILES string of the molecule is Clc1ccc2nc([C]3[CH][CH][CH][CH]3)ccc2c1.[CH]1[CH][CH][CH][CH]1.[Fe]. The molecule has 1 aromatic heterocycles. The van der Waals surface area contributed by atoms with Gasteiger partial charge in [-0.1, -0.05) is 17.7 Å². The van der Waals surface area contributed by atoms with E-state index in [9.17, 15) is 0 Å². The summed E-state index contributed by atoms with van der Waals surface area (Å²) in [6.07, 6.45) is 18.2. The van der Waals surface area contributed by atoms with E-state index in [1.54, 1.807) is 0 Å². The Kier molecular flexibility index (Phi) is 7.21. The van der Waals surface area contributed by atoms with Crippen LogP contribution in [0.15, 0.2) is 30.3 Å². The molecular weight excluding hydrogens is 334 g/mol. The van der Waals surface area contributed by atoms with Crippen LogP contribution in [-0.2, 0) is 17.1 Å². The summed E-state index contributed by atoms with van der Waals surface area (Å²) in [5.74, 6) is 1.15. The monoisotopic (exact) mass is 347 g/mol. The molecule has 0 amide bonds. The molecule has 4 rings (SSSR count).